The molecule has 0 bridgehead atoms. The molecule has 0 aliphatic carbocycles. The highest BCUT2D eigenvalue weighted by atomic mass is 16.6. The maximum Gasteiger partial charge on any atom is 0.410 e. The van der Waals surface area contributed by atoms with Crippen LogP contribution in [0.3, 0.4) is 0 Å². The van der Waals surface area contributed by atoms with Gasteiger partial charge in [0, 0.05) is 13.1 Å². The van der Waals surface area contributed by atoms with Gasteiger partial charge in [0.2, 0.25) is 0 Å². The number of nitrogens with zero attached hydrogens (tertiary/aromatic N) is 1. The van der Waals surface area contributed by atoms with Crippen molar-refractivity contribution >= 4 is 6.09 Å². The van der Waals surface area contributed by atoms with Gasteiger partial charge in [-0.3, -0.25) is 0 Å². The lowest BCUT2D eigenvalue weighted by Gasteiger charge is -2.34. The second-order valence-corrected chi connectivity index (χ2v) is 8.74. The van der Waals surface area contributed by atoms with Crippen LogP contribution in [0.5, 0.6) is 0 Å². The van der Waals surface area contributed by atoms with E-state index < -0.39 is 5.60 Å². The van der Waals surface area contributed by atoms with Crippen LogP contribution >= 0.6 is 0 Å². The van der Waals surface area contributed by atoms with Crippen molar-refractivity contribution in [3.05, 3.63) is 0 Å². The quantitative estimate of drug-likeness (QED) is 0.797. The zero-order valence-corrected chi connectivity index (χ0v) is 16.3. The third-order valence-electron chi connectivity index (χ3n) is 4.70. The summed E-state index contributed by atoms with van der Waals surface area (Å²) >= 11 is 0. The molecule has 0 saturated carbocycles. The third kappa shape index (κ3) is 7.56. The Bertz CT molecular complexity index is 353. The number of carbonyl (C=O) groups is 1. The maximum absolute atomic E-state index is 12.2. The van der Waals surface area contributed by atoms with Gasteiger partial charge in [-0.25, -0.2) is 4.79 Å². The summed E-state index contributed by atoms with van der Waals surface area (Å²) in [6.07, 6.45) is 2.11. The Morgan fingerprint density at radius 1 is 1.22 bits per heavy atom. The fraction of sp³-hybridized carbons (Fsp3) is 0.947. The minimum absolute atomic E-state index is 0.163. The molecule has 4 nitrogen and oxygen atoms in total. The first kappa shape index (κ1) is 20.3. The number of piperidine rings is 1. The van der Waals surface area contributed by atoms with Crippen LogP contribution in [-0.4, -0.2) is 42.8 Å². The van der Waals surface area contributed by atoms with E-state index in [0.717, 1.165) is 32.6 Å². The molecule has 136 valence electrons. The van der Waals surface area contributed by atoms with E-state index in [2.05, 4.69) is 33.0 Å². The lowest BCUT2D eigenvalue weighted by molar-refractivity contribution is 0.0165. The second-order valence-electron chi connectivity index (χ2n) is 8.74. The largest absolute Gasteiger partial charge is 0.444 e. The summed E-state index contributed by atoms with van der Waals surface area (Å²) in [5, 5.41) is 3.65. The number of likely N-dealkylation sites (tertiary alicyclic amines) is 1. The summed E-state index contributed by atoms with van der Waals surface area (Å²) in [6, 6.07) is 0. The van der Waals surface area contributed by atoms with Gasteiger partial charge < -0.3 is 15.0 Å². The molecule has 0 aromatic heterocycles. The normalized spacial score (nSPS) is 19.7. The lowest BCUT2D eigenvalue weighted by atomic mass is 9.85. The predicted octanol–water partition coefficient (Wildman–Crippen LogP) is 4.15. The van der Waals surface area contributed by atoms with Gasteiger partial charge in [0.05, 0.1) is 0 Å². The average molecular weight is 327 g/mol. The average Bonchev–Trinajstić information content (AvgIpc) is 2.41. The molecule has 23 heavy (non-hydrogen) atoms. The molecule has 1 aliphatic heterocycles. The Labute approximate surface area is 143 Å². The molecule has 1 heterocycles. The highest BCUT2D eigenvalue weighted by molar-refractivity contribution is 5.68. The van der Waals surface area contributed by atoms with Gasteiger partial charge in [0.15, 0.2) is 0 Å². The summed E-state index contributed by atoms with van der Waals surface area (Å²) in [5.41, 5.74) is -0.413. The molecule has 1 N–H and O–H groups in total. The zero-order valence-electron chi connectivity index (χ0n) is 16.3. The topological polar surface area (TPSA) is 41.6 Å². The summed E-state index contributed by atoms with van der Waals surface area (Å²) in [6.45, 7) is 18.7. The van der Waals surface area contributed by atoms with Crippen molar-refractivity contribution in [1.82, 2.24) is 10.2 Å². The van der Waals surface area contributed by atoms with Crippen molar-refractivity contribution in [2.45, 2.75) is 66.9 Å². The number of amides is 1. The van der Waals surface area contributed by atoms with Crippen LogP contribution in [0.4, 0.5) is 4.79 Å². The monoisotopic (exact) mass is 326 g/mol. The van der Waals surface area contributed by atoms with E-state index in [1.807, 2.05) is 25.7 Å². The van der Waals surface area contributed by atoms with E-state index in [-0.39, 0.29) is 6.09 Å². The van der Waals surface area contributed by atoms with E-state index >= 15 is 0 Å². The Morgan fingerprint density at radius 2 is 1.83 bits per heavy atom. The van der Waals surface area contributed by atoms with Crippen LogP contribution in [0.25, 0.3) is 0 Å². The van der Waals surface area contributed by atoms with Crippen LogP contribution in [0.1, 0.15) is 61.3 Å². The van der Waals surface area contributed by atoms with Crippen LogP contribution in [0.2, 0.25) is 0 Å². The standard InChI is InChI=1S/C19H38N2O2/c1-14(2)17(15(3)4)12-20-11-16-9-8-10-21(13-16)18(22)23-19(5,6)7/h14-17,20H,8-13H2,1-7H3. The van der Waals surface area contributed by atoms with Gasteiger partial charge in [-0.15, -0.1) is 0 Å². The van der Waals surface area contributed by atoms with E-state index in [4.69, 9.17) is 4.74 Å². The van der Waals surface area contributed by atoms with Gasteiger partial charge in [-0.2, -0.15) is 0 Å². The Morgan fingerprint density at radius 3 is 2.35 bits per heavy atom. The molecular weight excluding hydrogens is 288 g/mol. The molecule has 1 unspecified atom stereocenters. The lowest BCUT2D eigenvalue weighted by Crippen LogP contribution is -2.45. The van der Waals surface area contributed by atoms with E-state index in [0.29, 0.717) is 23.7 Å². The summed E-state index contributed by atoms with van der Waals surface area (Å²) in [7, 11) is 0. The number of ether oxygens (including phenoxy) is 1. The van der Waals surface area contributed by atoms with E-state index in [9.17, 15) is 4.79 Å². The first-order chi connectivity index (χ1) is 10.6. The minimum Gasteiger partial charge on any atom is -0.444 e. The van der Waals surface area contributed by atoms with Gasteiger partial charge in [0.25, 0.3) is 0 Å². The van der Waals surface area contributed by atoms with Crippen molar-refractivity contribution in [2.75, 3.05) is 26.2 Å². The molecule has 1 saturated heterocycles. The molecule has 1 aliphatic rings. The van der Waals surface area contributed by atoms with Gasteiger partial charge in [-0.1, -0.05) is 27.7 Å². The van der Waals surface area contributed by atoms with Gasteiger partial charge in [0.1, 0.15) is 5.60 Å². The molecule has 0 aromatic carbocycles. The number of carbonyl (C=O) groups excluding carboxylic acids is 1. The smallest absolute Gasteiger partial charge is 0.410 e. The van der Waals surface area contributed by atoms with Crippen LogP contribution in [-0.2, 0) is 4.74 Å². The van der Waals surface area contributed by atoms with Crippen molar-refractivity contribution < 1.29 is 9.53 Å². The molecule has 1 amide bonds. The van der Waals surface area contributed by atoms with Crippen molar-refractivity contribution in [3.63, 3.8) is 0 Å². The molecule has 0 radical (unpaired) electrons. The summed E-state index contributed by atoms with van der Waals surface area (Å²) in [5.74, 6) is 2.65. The maximum atomic E-state index is 12.2. The molecule has 1 fully saturated rings. The van der Waals surface area contributed by atoms with Crippen LogP contribution < -0.4 is 5.32 Å². The highest BCUT2D eigenvalue weighted by Crippen LogP contribution is 2.21. The van der Waals surface area contributed by atoms with Crippen molar-refractivity contribution in [2.24, 2.45) is 23.7 Å². The summed E-state index contributed by atoms with van der Waals surface area (Å²) in [4.78, 5) is 14.1. The molecule has 4 heteroatoms. The molecule has 1 atom stereocenters. The minimum atomic E-state index is -0.413. The summed E-state index contributed by atoms with van der Waals surface area (Å²) < 4.78 is 5.50. The Kier molecular flexibility index (Phi) is 7.85. The molecule has 0 aromatic rings. The fourth-order valence-electron chi connectivity index (χ4n) is 3.42. The van der Waals surface area contributed by atoms with Crippen molar-refractivity contribution in [3.8, 4) is 0 Å². The second kappa shape index (κ2) is 8.91. The Balaban J connectivity index is 2.39. The van der Waals surface area contributed by atoms with Crippen LogP contribution in [0, 0.1) is 23.7 Å². The number of hydrogen-bond acceptors (Lipinski definition) is 3. The van der Waals surface area contributed by atoms with Gasteiger partial charge >= 0.3 is 6.09 Å². The van der Waals surface area contributed by atoms with Crippen LogP contribution in [0.15, 0.2) is 0 Å². The number of nitrogens with one attached hydrogen (secondary N) is 1. The molecule has 0 spiro atoms. The van der Waals surface area contributed by atoms with E-state index in [1.54, 1.807) is 0 Å². The van der Waals surface area contributed by atoms with Gasteiger partial charge in [-0.05, 0) is 70.4 Å². The van der Waals surface area contributed by atoms with Crippen molar-refractivity contribution in [1.29, 1.82) is 0 Å². The number of hydrogen-bond donors (Lipinski definition) is 1. The fourth-order valence-corrected chi connectivity index (χ4v) is 3.42. The first-order valence-corrected chi connectivity index (χ1v) is 9.28. The molecule has 1 rings (SSSR count). The Hall–Kier alpha value is -0.770. The zero-order chi connectivity index (χ0) is 17.6. The highest BCUT2D eigenvalue weighted by Gasteiger charge is 2.27. The SMILES string of the molecule is CC(C)C(CNCC1CCCN(C(=O)OC(C)(C)C)C1)C(C)C. The number of rotatable bonds is 6. The molecular formula is C19H38N2O2. The predicted molar refractivity (Wildman–Crippen MR) is 96.6 cm³/mol. The first-order valence-electron chi connectivity index (χ1n) is 9.28. The third-order valence-corrected chi connectivity index (χ3v) is 4.70. The van der Waals surface area contributed by atoms with E-state index in [1.165, 1.54) is 6.42 Å².